The Kier molecular flexibility index (Phi) is 4.77. The zero-order valence-electron chi connectivity index (χ0n) is 12.7. The van der Waals surface area contributed by atoms with E-state index in [1.807, 2.05) is 6.07 Å². The zero-order valence-corrected chi connectivity index (χ0v) is 13.5. The number of aromatic nitrogens is 1. The molecule has 0 aromatic carbocycles. The molecule has 3 rings (SSSR count). The van der Waals surface area contributed by atoms with Crippen molar-refractivity contribution >= 4 is 17.4 Å². The Bertz CT molecular complexity index is 635. The molecule has 2 N–H and O–H groups in total. The van der Waals surface area contributed by atoms with Crippen LogP contribution in [0.15, 0.2) is 22.1 Å². The van der Waals surface area contributed by atoms with E-state index in [4.69, 9.17) is 4.42 Å². The van der Waals surface area contributed by atoms with Crippen molar-refractivity contribution in [3.63, 3.8) is 0 Å². The highest BCUT2D eigenvalue weighted by molar-refractivity contribution is 7.09. The van der Waals surface area contributed by atoms with E-state index in [0.717, 1.165) is 54.1 Å². The summed E-state index contributed by atoms with van der Waals surface area (Å²) in [6, 6.07) is 1.90. The molecule has 0 saturated heterocycles. The molecule has 1 aliphatic carbocycles. The quantitative estimate of drug-likeness (QED) is 0.889. The third-order valence-electron chi connectivity index (χ3n) is 3.93. The highest BCUT2D eigenvalue weighted by atomic mass is 32.1. The van der Waals surface area contributed by atoms with E-state index < -0.39 is 0 Å². The monoisotopic (exact) mass is 319 g/mol. The van der Waals surface area contributed by atoms with Crippen LogP contribution in [0.25, 0.3) is 0 Å². The number of rotatable bonds is 5. The van der Waals surface area contributed by atoms with E-state index in [1.54, 1.807) is 17.6 Å². The maximum absolute atomic E-state index is 12.0. The van der Waals surface area contributed by atoms with Gasteiger partial charge in [0.15, 0.2) is 0 Å². The zero-order chi connectivity index (χ0) is 15.4. The van der Waals surface area contributed by atoms with Gasteiger partial charge in [0, 0.05) is 30.3 Å². The predicted molar refractivity (Wildman–Crippen MR) is 86.1 cm³/mol. The van der Waals surface area contributed by atoms with Crippen LogP contribution in [-0.2, 0) is 19.3 Å². The van der Waals surface area contributed by atoms with Crippen molar-refractivity contribution in [2.45, 2.75) is 45.1 Å². The number of aryl methyl sites for hydroxylation is 2. The van der Waals surface area contributed by atoms with Gasteiger partial charge < -0.3 is 15.1 Å². The highest BCUT2D eigenvalue weighted by Gasteiger charge is 2.23. The summed E-state index contributed by atoms with van der Waals surface area (Å²) >= 11 is 1.68. The van der Waals surface area contributed by atoms with Crippen molar-refractivity contribution < 1.29 is 9.21 Å². The maximum atomic E-state index is 12.0. The average molecular weight is 319 g/mol. The number of nitrogens with zero attached hydrogens (tertiary/aromatic N) is 1. The molecule has 22 heavy (non-hydrogen) atoms. The molecule has 2 heterocycles. The standard InChI is InChI=1S/C16H21N3O2S/c1-2-15-18-11(10-22-15)6-8-17-16(20)19-13-4-3-5-14-12(13)7-9-21-14/h7,9-10,13H,2-6,8H2,1H3,(H2,17,19,20)/t13-/m0/s1. The fraction of sp³-hybridized carbons (Fsp3) is 0.500. The van der Waals surface area contributed by atoms with Crippen LogP contribution in [0.1, 0.15) is 47.8 Å². The predicted octanol–water partition coefficient (Wildman–Crippen LogP) is 3.22. The first-order valence-corrected chi connectivity index (χ1v) is 8.68. The Morgan fingerprint density at radius 3 is 3.27 bits per heavy atom. The van der Waals surface area contributed by atoms with Crippen LogP contribution < -0.4 is 10.6 Å². The maximum Gasteiger partial charge on any atom is 0.315 e. The summed E-state index contributed by atoms with van der Waals surface area (Å²) < 4.78 is 5.44. The van der Waals surface area contributed by atoms with Crippen molar-refractivity contribution in [1.29, 1.82) is 0 Å². The summed E-state index contributed by atoms with van der Waals surface area (Å²) in [4.78, 5) is 16.5. The fourth-order valence-corrected chi connectivity index (χ4v) is 3.56. The summed E-state index contributed by atoms with van der Waals surface area (Å²) in [5, 5.41) is 9.16. The second-order valence-corrected chi connectivity index (χ2v) is 6.42. The number of carbonyl (C=O) groups is 1. The lowest BCUT2D eigenvalue weighted by atomic mass is 9.93. The number of hydrogen-bond donors (Lipinski definition) is 2. The minimum absolute atomic E-state index is 0.0634. The normalized spacial score (nSPS) is 17.0. The second-order valence-electron chi connectivity index (χ2n) is 5.48. The van der Waals surface area contributed by atoms with Crippen LogP contribution in [0.2, 0.25) is 0 Å². The lowest BCUT2D eigenvalue weighted by Gasteiger charge is -2.22. The molecule has 1 atom stereocenters. The SMILES string of the molecule is CCc1nc(CCNC(=O)N[C@H]2CCCc3occc32)cs1. The second kappa shape index (κ2) is 6.96. The molecule has 0 aliphatic heterocycles. The number of fused-ring (bicyclic) bond motifs is 1. The number of urea groups is 1. The van der Waals surface area contributed by atoms with E-state index in [1.165, 1.54) is 0 Å². The molecule has 1 aliphatic rings. The van der Waals surface area contributed by atoms with Crippen molar-refractivity contribution in [1.82, 2.24) is 15.6 Å². The lowest BCUT2D eigenvalue weighted by molar-refractivity contribution is 0.235. The molecule has 2 aromatic rings. The van der Waals surface area contributed by atoms with E-state index in [9.17, 15) is 4.79 Å². The Balaban J connectivity index is 1.45. The molecular weight excluding hydrogens is 298 g/mol. The number of carbonyl (C=O) groups excluding carboxylic acids is 1. The van der Waals surface area contributed by atoms with E-state index in [2.05, 4.69) is 27.9 Å². The van der Waals surface area contributed by atoms with E-state index in [0.29, 0.717) is 6.54 Å². The molecule has 0 spiro atoms. The van der Waals surface area contributed by atoms with Crippen LogP contribution in [0.5, 0.6) is 0 Å². The molecule has 0 bridgehead atoms. The van der Waals surface area contributed by atoms with Crippen molar-refractivity contribution in [2.24, 2.45) is 0 Å². The fourth-order valence-electron chi connectivity index (χ4n) is 2.78. The minimum Gasteiger partial charge on any atom is -0.469 e. The molecule has 0 unspecified atom stereocenters. The van der Waals surface area contributed by atoms with Crippen molar-refractivity contribution in [2.75, 3.05) is 6.54 Å². The molecule has 0 radical (unpaired) electrons. The van der Waals surface area contributed by atoms with Crippen LogP contribution in [-0.4, -0.2) is 17.6 Å². The topological polar surface area (TPSA) is 67.2 Å². The third-order valence-corrected chi connectivity index (χ3v) is 4.97. The summed E-state index contributed by atoms with van der Waals surface area (Å²) in [7, 11) is 0. The van der Waals surface area contributed by atoms with Crippen LogP contribution in [0, 0.1) is 0 Å². The van der Waals surface area contributed by atoms with Gasteiger partial charge in [-0.15, -0.1) is 11.3 Å². The van der Waals surface area contributed by atoms with Gasteiger partial charge >= 0.3 is 6.03 Å². The average Bonchev–Trinajstić information content (AvgIpc) is 3.16. The van der Waals surface area contributed by atoms with Gasteiger partial charge in [-0.25, -0.2) is 9.78 Å². The Labute approximate surface area is 134 Å². The largest absolute Gasteiger partial charge is 0.469 e. The first-order chi connectivity index (χ1) is 10.8. The van der Waals surface area contributed by atoms with Crippen LogP contribution in [0.4, 0.5) is 4.79 Å². The lowest BCUT2D eigenvalue weighted by Crippen LogP contribution is -2.39. The number of amides is 2. The minimum atomic E-state index is -0.120. The van der Waals surface area contributed by atoms with Gasteiger partial charge in [-0.3, -0.25) is 0 Å². The third kappa shape index (κ3) is 3.50. The molecule has 0 fully saturated rings. The van der Waals surface area contributed by atoms with Crippen molar-refractivity contribution in [3.8, 4) is 0 Å². The molecule has 2 amide bonds. The molecule has 2 aromatic heterocycles. The van der Waals surface area contributed by atoms with E-state index in [-0.39, 0.29) is 12.1 Å². The number of hydrogen-bond acceptors (Lipinski definition) is 4. The number of thiazole rings is 1. The van der Waals surface area contributed by atoms with Gasteiger partial charge in [0.25, 0.3) is 0 Å². The van der Waals surface area contributed by atoms with E-state index >= 15 is 0 Å². The first-order valence-electron chi connectivity index (χ1n) is 7.80. The van der Waals surface area contributed by atoms with Crippen LogP contribution >= 0.6 is 11.3 Å². The Morgan fingerprint density at radius 2 is 2.45 bits per heavy atom. The van der Waals surface area contributed by atoms with Crippen LogP contribution in [0.3, 0.4) is 0 Å². The number of nitrogens with one attached hydrogen (secondary N) is 2. The molecular formula is C16H21N3O2S. The number of furan rings is 1. The van der Waals surface area contributed by atoms with Crippen molar-refractivity contribution in [3.05, 3.63) is 39.7 Å². The molecule has 118 valence electrons. The highest BCUT2D eigenvalue weighted by Crippen LogP contribution is 2.30. The Morgan fingerprint density at radius 1 is 1.55 bits per heavy atom. The molecule has 6 heteroatoms. The summed E-state index contributed by atoms with van der Waals surface area (Å²) in [5.41, 5.74) is 2.17. The smallest absolute Gasteiger partial charge is 0.315 e. The molecule has 0 saturated carbocycles. The summed E-state index contributed by atoms with van der Waals surface area (Å²) in [5.74, 6) is 1.01. The first kappa shape index (κ1) is 15.1. The Hall–Kier alpha value is -1.82. The van der Waals surface area contributed by atoms with Gasteiger partial charge in [0.1, 0.15) is 5.76 Å². The summed E-state index contributed by atoms with van der Waals surface area (Å²) in [6.45, 7) is 2.70. The molecule has 5 nitrogen and oxygen atoms in total. The van der Waals surface area contributed by atoms with Gasteiger partial charge in [0.05, 0.1) is 23.0 Å². The van der Waals surface area contributed by atoms with Gasteiger partial charge in [-0.1, -0.05) is 6.92 Å². The van der Waals surface area contributed by atoms with Gasteiger partial charge in [-0.2, -0.15) is 0 Å². The van der Waals surface area contributed by atoms with Gasteiger partial charge in [-0.05, 0) is 25.3 Å². The summed E-state index contributed by atoms with van der Waals surface area (Å²) in [6.07, 6.45) is 6.41. The van der Waals surface area contributed by atoms with Gasteiger partial charge in [0.2, 0.25) is 0 Å².